The summed E-state index contributed by atoms with van der Waals surface area (Å²) in [4.78, 5) is 15.3. The Morgan fingerprint density at radius 3 is 2.67 bits per heavy atom. The molecule has 18 heavy (non-hydrogen) atoms. The van der Waals surface area contributed by atoms with Crippen molar-refractivity contribution in [1.29, 1.82) is 0 Å². The molecule has 1 aromatic carbocycles. The second-order valence-corrected chi connectivity index (χ2v) is 4.86. The van der Waals surface area contributed by atoms with Gasteiger partial charge in [-0.15, -0.1) is 0 Å². The number of benzene rings is 1. The van der Waals surface area contributed by atoms with Gasteiger partial charge in [0, 0.05) is 10.9 Å². The summed E-state index contributed by atoms with van der Waals surface area (Å²) < 4.78 is 5.85. The topological polar surface area (TPSA) is 42.1 Å². The molecule has 4 heteroatoms. The SMILES string of the molecule is Cc1c(C(=O)OC(C)C)c2ccccc2[nH]c1=S. The molecule has 0 bridgehead atoms. The molecule has 2 aromatic rings. The number of para-hydroxylation sites is 1. The molecule has 1 N–H and O–H groups in total. The molecule has 0 amide bonds. The molecule has 0 aliphatic heterocycles. The van der Waals surface area contributed by atoms with Gasteiger partial charge in [-0.25, -0.2) is 4.79 Å². The van der Waals surface area contributed by atoms with E-state index in [1.165, 1.54) is 0 Å². The van der Waals surface area contributed by atoms with Crippen LogP contribution in [0.15, 0.2) is 24.3 Å². The molecule has 0 spiro atoms. The summed E-state index contributed by atoms with van der Waals surface area (Å²) in [6.07, 6.45) is -0.145. The van der Waals surface area contributed by atoms with Crippen molar-refractivity contribution in [1.82, 2.24) is 4.98 Å². The molecule has 0 atom stereocenters. The number of aromatic nitrogens is 1. The number of hydrogen-bond acceptors (Lipinski definition) is 3. The Hall–Kier alpha value is -1.68. The maximum Gasteiger partial charge on any atom is 0.339 e. The van der Waals surface area contributed by atoms with Gasteiger partial charge < -0.3 is 9.72 Å². The highest BCUT2D eigenvalue weighted by atomic mass is 32.1. The van der Waals surface area contributed by atoms with Crippen LogP contribution in [-0.4, -0.2) is 17.1 Å². The quantitative estimate of drug-likeness (QED) is 0.661. The molecule has 3 nitrogen and oxygen atoms in total. The van der Waals surface area contributed by atoms with Crippen LogP contribution in [0.3, 0.4) is 0 Å². The van der Waals surface area contributed by atoms with E-state index in [1.54, 1.807) is 0 Å². The molecule has 0 saturated heterocycles. The molecule has 2 rings (SSSR count). The number of ether oxygens (including phenoxy) is 1. The molecule has 0 saturated carbocycles. The summed E-state index contributed by atoms with van der Waals surface area (Å²) in [5.41, 5.74) is 2.17. The largest absolute Gasteiger partial charge is 0.459 e. The smallest absolute Gasteiger partial charge is 0.339 e. The van der Waals surface area contributed by atoms with Crippen LogP contribution in [0.25, 0.3) is 10.9 Å². The average Bonchev–Trinajstić information content (AvgIpc) is 2.29. The fourth-order valence-electron chi connectivity index (χ4n) is 1.88. The van der Waals surface area contributed by atoms with Crippen molar-refractivity contribution in [2.75, 3.05) is 0 Å². The van der Waals surface area contributed by atoms with Crippen molar-refractivity contribution in [3.05, 3.63) is 40.0 Å². The fraction of sp³-hybridized carbons (Fsp3) is 0.286. The van der Waals surface area contributed by atoms with Crippen LogP contribution < -0.4 is 0 Å². The van der Waals surface area contributed by atoms with Crippen molar-refractivity contribution < 1.29 is 9.53 Å². The number of aromatic amines is 1. The standard InChI is InChI=1S/C14H15NO2S/c1-8(2)17-14(16)12-9(3)13(18)15-11-7-5-4-6-10(11)12/h4-8H,1-3H3,(H,15,18). The van der Waals surface area contributed by atoms with Crippen LogP contribution >= 0.6 is 12.2 Å². The Morgan fingerprint density at radius 2 is 2.00 bits per heavy atom. The lowest BCUT2D eigenvalue weighted by Gasteiger charge is -2.12. The number of esters is 1. The zero-order chi connectivity index (χ0) is 13.3. The minimum absolute atomic E-state index is 0.145. The van der Waals surface area contributed by atoms with Gasteiger partial charge in [0.05, 0.1) is 11.7 Å². The van der Waals surface area contributed by atoms with Crippen molar-refractivity contribution in [3.8, 4) is 0 Å². The third kappa shape index (κ3) is 2.29. The van der Waals surface area contributed by atoms with Crippen LogP contribution in [0, 0.1) is 11.6 Å². The molecule has 94 valence electrons. The Kier molecular flexibility index (Phi) is 3.48. The van der Waals surface area contributed by atoms with Gasteiger partial charge in [-0.3, -0.25) is 0 Å². The first-order chi connectivity index (χ1) is 8.50. The van der Waals surface area contributed by atoms with Crippen molar-refractivity contribution >= 4 is 29.1 Å². The van der Waals surface area contributed by atoms with Crippen LogP contribution in [0.2, 0.25) is 0 Å². The summed E-state index contributed by atoms with van der Waals surface area (Å²) in [5, 5.41) is 0.842. The zero-order valence-electron chi connectivity index (χ0n) is 10.6. The maximum absolute atomic E-state index is 12.2. The van der Waals surface area contributed by atoms with E-state index in [-0.39, 0.29) is 12.1 Å². The normalized spacial score (nSPS) is 10.9. The fourth-order valence-corrected chi connectivity index (χ4v) is 2.09. The molecular weight excluding hydrogens is 246 g/mol. The minimum Gasteiger partial charge on any atom is -0.459 e. The van der Waals surface area contributed by atoms with E-state index < -0.39 is 0 Å². The minimum atomic E-state index is -0.321. The Bertz CT molecular complexity index is 658. The highest BCUT2D eigenvalue weighted by molar-refractivity contribution is 7.71. The van der Waals surface area contributed by atoms with E-state index in [1.807, 2.05) is 45.0 Å². The summed E-state index contributed by atoms with van der Waals surface area (Å²) in [6.45, 7) is 5.50. The number of nitrogens with one attached hydrogen (secondary N) is 1. The van der Waals surface area contributed by atoms with Crippen molar-refractivity contribution in [2.45, 2.75) is 26.9 Å². The van der Waals surface area contributed by atoms with Crippen molar-refractivity contribution in [2.24, 2.45) is 0 Å². The lowest BCUT2D eigenvalue weighted by Crippen LogP contribution is -2.14. The zero-order valence-corrected chi connectivity index (χ0v) is 11.4. The van der Waals surface area contributed by atoms with Crippen LogP contribution in [0.4, 0.5) is 0 Å². The Balaban J connectivity index is 2.71. The van der Waals surface area contributed by atoms with Gasteiger partial charge in [0.15, 0.2) is 0 Å². The summed E-state index contributed by atoms with van der Waals surface area (Å²) in [5.74, 6) is -0.321. The number of H-pyrrole nitrogens is 1. The number of fused-ring (bicyclic) bond motifs is 1. The average molecular weight is 261 g/mol. The van der Waals surface area contributed by atoms with Gasteiger partial charge in [0.1, 0.15) is 4.64 Å². The molecule has 0 radical (unpaired) electrons. The van der Waals surface area contributed by atoms with E-state index in [0.29, 0.717) is 10.2 Å². The van der Waals surface area contributed by atoms with Gasteiger partial charge in [-0.05, 0) is 32.4 Å². The Labute approximate surface area is 111 Å². The van der Waals surface area contributed by atoms with Crippen molar-refractivity contribution in [3.63, 3.8) is 0 Å². The summed E-state index contributed by atoms with van der Waals surface area (Å²) in [6, 6.07) is 7.59. The lowest BCUT2D eigenvalue weighted by atomic mass is 10.0. The van der Waals surface area contributed by atoms with Crippen LogP contribution in [-0.2, 0) is 4.74 Å². The molecule has 0 fully saturated rings. The molecule has 1 heterocycles. The van der Waals surface area contributed by atoms with Gasteiger partial charge in [-0.1, -0.05) is 30.4 Å². The number of carbonyl (C=O) groups excluding carboxylic acids is 1. The van der Waals surface area contributed by atoms with E-state index in [2.05, 4.69) is 4.98 Å². The maximum atomic E-state index is 12.2. The van der Waals surface area contributed by atoms with Gasteiger partial charge in [0.2, 0.25) is 0 Å². The third-order valence-corrected chi connectivity index (χ3v) is 3.12. The number of carbonyl (C=O) groups is 1. The molecular formula is C14H15NO2S. The van der Waals surface area contributed by atoms with E-state index in [0.717, 1.165) is 16.5 Å². The summed E-state index contributed by atoms with van der Waals surface area (Å²) in [7, 11) is 0. The second-order valence-electron chi connectivity index (χ2n) is 4.45. The van der Waals surface area contributed by atoms with Crippen LogP contribution in [0.5, 0.6) is 0 Å². The molecule has 1 aromatic heterocycles. The molecule has 0 unspecified atom stereocenters. The first-order valence-corrected chi connectivity index (χ1v) is 6.24. The third-order valence-electron chi connectivity index (χ3n) is 2.71. The summed E-state index contributed by atoms with van der Waals surface area (Å²) >= 11 is 5.24. The first kappa shape index (κ1) is 12.8. The van der Waals surface area contributed by atoms with Gasteiger partial charge in [-0.2, -0.15) is 0 Å². The highest BCUT2D eigenvalue weighted by Crippen LogP contribution is 2.22. The number of pyridine rings is 1. The first-order valence-electron chi connectivity index (χ1n) is 5.83. The van der Waals surface area contributed by atoms with E-state index in [4.69, 9.17) is 17.0 Å². The van der Waals surface area contributed by atoms with Gasteiger partial charge >= 0.3 is 5.97 Å². The molecule has 0 aliphatic rings. The lowest BCUT2D eigenvalue weighted by molar-refractivity contribution is 0.0379. The van der Waals surface area contributed by atoms with Crippen LogP contribution in [0.1, 0.15) is 29.8 Å². The molecule has 0 aliphatic carbocycles. The van der Waals surface area contributed by atoms with E-state index >= 15 is 0 Å². The predicted molar refractivity (Wildman–Crippen MR) is 74.4 cm³/mol. The number of hydrogen-bond donors (Lipinski definition) is 1. The van der Waals surface area contributed by atoms with E-state index in [9.17, 15) is 4.79 Å². The monoisotopic (exact) mass is 261 g/mol. The predicted octanol–water partition coefficient (Wildman–Crippen LogP) is 3.77. The second kappa shape index (κ2) is 4.90. The Morgan fingerprint density at radius 1 is 1.33 bits per heavy atom. The highest BCUT2D eigenvalue weighted by Gasteiger charge is 2.17. The van der Waals surface area contributed by atoms with Gasteiger partial charge in [0.25, 0.3) is 0 Å². The number of rotatable bonds is 2.